The van der Waals surface area contributed by atoms with E-state index in [1.54, 1.807) is 4.57 Å². The Hall–Kier alpha value is -3.19. The van der Waals surface area contributed by atoms with Crippen LogP contribution in [0.5, 0.6) is 0 Å². The number of carbonyl (C=O) groups excluding carboxylic acids is 1. The predicted octanol–water partition coefficient (Wildman–Crippen LogP) is 3.04. The highest BCUT2D eigenvalue weighted by Crippen LogP contribution is 2.24. The Labute approximate surface area is 194 Å². The Balaban J connectivity index is 1.57. The Kier molecular flexibility index (Phi) is 5.66. The number of aromatic nitrogens is 2. The van der Waals surface area contributed by atoms with Crippen molar-refractivity contribution in [1.29, 1.82) is 0 Å². The lowest BCUT2D eigenvalue weighted by Crippen LogP contribution is -2.29. The number of likely N-dealkylation sites (N-methyl/N-ethyl adjacent to an activating group) is 1. The van der Waals surface area contributed by atoms with Crippen LogP contribution in [0.25, 0.3) is 16.6 Å². The first kappa shape index (κ1) is 21.6. The van der Waals surface area contributed by atoms with Gasteiger partial charge in [-0.2, -0.15) is 0 Å². The van der Waals surface area contributed by atoms with Crippen molar-refractivity contribution in [2.24, 2.45) is 0 Å². The molecular formula is C26H31N5O2. The van der Waals surface area contributed by atoms with Crippen LogP contribution in [-0.2, 0) is 0 Å². The highest BCUT2D eigenvalue weighted by molar-refractivity contribution is 5.95. The van der Waals surface area contributed by atoms with Crippen LogP contribution in [0.15, 0.2) is 41.2 Å². The molecule has 7 heteroatoms. The Morgan fingerprint density at radius 1 is 1.03 bits per heavy atom. The van der Waals surface area contributed by atoms with E-state index in [1.807, 2.05) is 44.2 Å². The van der Waals surface area contributed by atoms with Gasteiger partial charge in [0.15, 0.2) is 0 Å². The topological polar surface area (TPSA) is 70.5 Å². The number of nitrogens with zero attached hydrogens (tertiary/aromatic N) is 4. The molecule has 7 nitrogen and oxygen atoms in total. The number of hydrogen-bond donors (Lipinski definition) is 1. The summed E-state index contributed by atoms with van der Waals surface area (Å²) in [6.45, 7) is 7.80. The van der Waals surface area contributed by atoms with Crippen molar-refractivity contribution >= 4 is 22.5 Å². The highest BCUT2D eigenvalue weighted by Gasteiger charge is 2.24. The second-order valence-electron chi connectivity index (χ2n) is 9.39. The van der Waals surface area contributed by atoms with Crippen LogP contribution < -0.4 is 15.8 Å². The van der Waals surface area contributed by atoms with Gasteiger partial charge in [-0.1, -0.05) is 6.07 Å². The lowest BCUT2D eigenvalue weighted by atomic mass is 10.1. The normalized spacial score (nSPS) is 17.2. The van der Waals surface area contributed by atoms with E-state index in [1.165, 1.54) is 0 Å². The Morgan fingerprint density at radius 2 is 1.85 bits per heavy atom. The molecule has 5 rings (SSSR count). The summed E-state index contributed by atoms with van der Waals surface area (Å²) < 4.78 is 1.64. The molecule has 0 atom stereocenters. The fourth-order valence-corrected chi connectivity index (χ4v) is 4.56. The molecule has 2 fully saturated rings. The molecule has 2 aromatic carbocycles. The van der Waals surface area contributed by atoms with E-state index in [9.17, 15) is 9.59 Å². The van der Waals surface area contributed by atoms with E-state index in [-0.39, 0.29) is 17.5 Å². The van der Waals surface area contributed by atoms with E-state index in [0.717, 1.165) is 56.7 Å². The summed E-state index contributed by atoms with van der Waals surface area (Å²) in [4.78, 5) is 35.8. The average Bonchev–Trinajstić information content (AvgIpc) is 3.63. The van der Waals surface area contributed by atoms with Gasteiger partial charge in [0.05, 0.1) is 16.6 Å². The third-order valence-electron chi connectivity index (χ3n) is 6.73. The van der Waals surface area contributed by atoms with Gasteiger partial charge in [-0.3, -0.25) is 14.2 Å². The SMILES string of the molecule is Cc1ccc(C(=O)NC2CC2)cc1-n1c(C)nc2ccc(N3CCCN(C)CC3)cc2c1=O. The zero-order chi connectivity index (χ0) is 23.1. The summed E-state index contributed by atoms with van der Waals surface area (Å²) in [5, 5.41) is 3.63. The summed E-state index contributed by atoms with van der Waals surface area (Å²) in [6.07, 6.45) is 3.17. The minimum Gasteiger partial charge on any atom is -0.370 e. The molecule has 0 spiro atoms. The number of nitrogens with one attached hydrogen (secondary N) is 1. The molecule has 1 amide bonds. The van der Waals surface area contributed by atoms with Crippen molar-refractivity contribution in [2.45, 2.75) is 39.2 Å². The maximum atomic E-state index is 13.7. The lowest BCUT2D eigenvalue weighted by Gasteiger charge is -2.23. The molecule has 0 radical (unpaired) electrons. The standard InChI is InChI=1S/C26H31N5O2/c1-17-5-6-19(25(32)28-20-7-8-20)15-24(17)31-18(2)27-23-10-9-21(16-22(23)26(31)33)30-12-4-11-29(3)13-14-30/h5-6,9-10,15-16,20H,4,7-8,11-14H2,1-3H3,(H,28,32). The number of rotatable bonds is 4. The smallest absolute Gasteiger partial charge is 0.266 e. The largest absolute Gasteiger partial charge is 0.370 e. The zero-order valence-corrected chi connectivity index (χ0v) is 19.6. The van der Waals surface area contributed by atoms with Gasteiger partial charge in [-0.25, -0.2) is 4.98 Å². The maximum absolute atomic E-state index is 13.7. The molecule has 3 aromatic rings. The second-order valence-corrected chi connectivity index (χ2v) is 9.39. The molecule has 0 unspecified atom stereocenters. The van der Waals surface area contributed by atoms with Crippen LogP contribution in [-0.4, -0.2) is 59.6 Å². The van der Waals surface area contributed by atoms with Crippen molar-refractivity contribution in [3.05, 3.63) is 63.7 Å². The van der Waals surface area contributed by atoms with Crippen molar-refractivity contribution in [3.8, 4) is 5.69 Å². The van der Waals surface area contributed by atoms with Crippen LogP contribution in [0.1, 0.15) is 41.0 Å². The monoisotopic (exact) mass is 445 g/mol. The predicted molar refractivity (Wildman–Crippen MR) is 132 cm³/mol. The van der Waals surface area contributed by atoms with Gasteiger partial charge in [0, 0.05) is 36.9 Å². The van der Waals surface area contributed by atoms with Gasteiger partial charge >= 0.3 is 0 Å². The Bertz CT molecular complexity index is 1280. The summed E-state index contributed by atoms with van der Waals surface area (Å²) in [6, 6.07) is 11.8. The molecule has 172 valence electrons. The van der Waals surface area contributed by atoms with Crippen LogP contribution in [0.3, 0.4) is 0 Å². The number of amides is 1. The molecule has 0 bridgehead atoms. The van der Waals surface area contributed by atoms with E-state index in [2.05, 4.69) is 28.2 Å². The van der Waals surface area contributed by atoms with Gasteiger partial charge in [-0.15, -0.1) is 0 Å². The molecule has 2 aliphatic rings. The van der Waals surface area contributed by atoms with Crippen molar-refractivity contribution in [2.75, 3.05) is 38.1 Å². The summed E-state index contributed by atoms with van der Waals surface area (Å²) >= 11 is 0. The molecule has 33 heavy (non-hydrogen) atoms. The van der Waals surface area contributed by atoms with E-state index in [4.69, 9.17) is 4.98 Å². The zero-order valence-electron chi connectivity index (χ0n) is 19.6. The lowest BCUT2D eigenvalue weighted by molar-refractivity contribution is 0.0951. The van der Waals surface area contributed by atoms with Gasteiger partial charge in [-0.05, 0) is 82.6 Å². The van der Waals surface area contributed by atoms with Crippen LogP contribution in [0.4, 0.5) is 5.69 Å². The molecule has 1 saturated heterocycles. The number of aryl methyl sites for hydroxylation is 2. The molecule has 1 N–H and O–H groups in total. The fraction of sp³-hybridized carbons (Fsp3) is 0.423. The summed E-state index contributed by atoms with van der Waals surface area (Å²) in [5.74, 6) is 0.520. The van der Waals surface area contributed by atoms with Gasteiger partial charge in [0.2, 0.25) is 0 Å². The number of anilines is 1. The minimum absolute atomic E-state index is 0.0911. The number of benzene rings is 2. The molecular weight excluding hydrogens is 414 g/mol. The van der Waals surface area contributed by atoms with Gasteiger partial charge in [0.25, 0.3) is 11.5 Å². The number of hydrogen-bond acceptors (Lipinski definition) is 5. The molecule has 2 heterocycles. The first-order valence-electron chi connectivity index (χ1n) is 11.8. The molecule has 1 aliphatic heterocycles. The van der Waals surface area contributed by atoms with Crippen molar-refractivity contribution in [1.82, 2.24) is 19.8 Å². The Morgan fingerprint density at radius 3 is 2.64 bits per heavy atom. The fourth-order valence-electron chi connectivity index (χ4n) is 4.56. The average molecular weight is 446 g/mol. The molecule has 1 aliphatic carbocycles. The number of carbonyl (C=O) groups is 1. The second kappa shape index (κ2) is 8.63. The van der Waals surface area contributed by atoms with Crippen LogP contribution in [0, 0.1) is 13.8 Å². The molecule has 1 saturated carbocycles. The quantitative estimate of drug-likeness (QED) is 0.669. The van der Waals surface area contributed by atoms with Crippen molar-refractivity contribution in [3.63, 3.8) is 0 Å². The van der Waals surface area contributed by atoms with Gasteiger partial charge in [0.1, 0.15) is 5.82 Å². The van der Waals surface area contributed by atoms with E-state index >= 15 is 0 Å². The third-order valence-corrected chi connectivity index (χ3v) is 6.73. The van der Waals surface area contributed by atoms with Crippen molar-refractivity contribution < 1.29 is 4.79 Å². The molecule has 1 aromatic heterocycles. The van der Waals surface area contributed by atoms with Gasteiger partial charge < -0.3 is 15.1 Å². The van der Waals surface area contributed by atoms with E-state index in [0.29, 0.717) is 28.0 Å². The maximum Gasteiger partial charge on any atom is 0.266 e. The summed E-state index contributed by atoms with van der Waals surface area (Å²) in [7, 11) is 2.15. The highest BCUT2D eigenvalue weighted by atomic mass is 16.2. The number of fused-ring (bicyclic) bond motifs is 1. The van der Waals surface area contributed by atoms with E-state index < -0.39 is 0 Å². The third kappa shape index (κ3) is 4.37. The summed E-state index contributed by atoms with van der Waals surface area (Å²) in [5.41, 5.74) is 3.85. The first-order valence-corrected chi connectivity index (χ1v) is 11.8. The minimum atomic E-state index is -0.103. The van der Waals surface area contributed by atoms with Crippen LogP contribution >= 0.6 is 0 Å². The first-order chi connectivity index (χ1) is 15.9. The van der Waals surface area contributed by atoms with Crippen LogP contribution in [0.2, 0.25) is 0 Å².